The fraction of sp³-hybridized carbons (Fsp3) is 0.400. The molecule has 3 nitrogen and oxygen atoms in total. The lowest BCUT2D eigenvalue weighted by Gasteiger charge is -2.07. The Hall–Kier alpha value is -1.11. The number of hydrogen-bond acceptors (Lipinski definition) is 3. The predicted octanol–water partition coefficient (Wildman–Crippen LogP) is 3.03. The highest BCUT2D eigenvalue weighted by atomic mass is 79.9. The van der Waals surface area contributed by atoms with E-state index in [4.69, 9.17) is 0 Å². The Morgan fingerprint density at radius 2 is 2.24 bits per heavy atom. The summed E-state index contributed by atoms with van der Waals surface area (Å²) in [6, 6.07) is 0.918. The average molecular weight is 312 g/mol. The molecule has 0 radical (unpaired) electrons. The summed E-state index contributed by atoms with van der Waals surface area (Å²) >= 11 is 2.96. The van der Waals surface area contributed by atoms with E-state index in [2.05, 4.69) is 25.7 Å². The van der Waals surface area contributed by atoms with E-state index in [1.807, 2.05) is 0 Å². The van der Waals surface area contributed by atoms with Gasteiger partial charge in [0, 0.05) is 4.47 Å². The molecular weight excluding hydrogens is 303 g/mol. The molecule has 0 unspecified atom stereocenters. The smallest absolute Gasteiger partial charge is 0.311 e. The molecule has 0 bridgehead atoms. The van der Waals surface area contributed by atoms with Gasteiger partial charge in [-0.3, -0.25) is 4.79 Å². The Morgan fingerprint density at radius 1 is 1.59 bits per heavy atom. The maximum Gasteiger partial charge on any atom is 0.311 e. The second-order valence-corrected chi connectivity index (χ2v) is 3.93. The summed E-state index contributed by atoms with van der Waals surface area (Å²) in [5, 5.41) is 0. The first-order valence-corrected chi connectivity index (χ1v) is 5.53. The van der Waals surface area contributed by atoms with Gasteiger partial charge in [-0.25, -0.2) is 13.8 Å². The molecule has 0 aliphatic carbocycles. The van der Waals surface area contributed by atoms with Crippen LogP contribution in [0.1, 0.15) is 24.6 Å². The van der Waals surface area contributed by atoms with Crippen molar-refractivity contribution in [2.24, 2.45) is 0 Å². The van der Waals surface area contributed by atoms with Gasteiger partial charge in [0.05, 0.1) is 24.3 Å². The normalized spacial score (nSPS) is 10.7. The number of ether oxygens (including phenoxy) is 1. The van der Waals surface area contributed by atoms with E-state index in [0.717, 1.165) is 6.07 Å². The summed E-state index contributed by atoms with van der Waals surface area (Å²) in [7, 11) is 0. The fourth-order valence-electron chi connectivity index (χ4n) is 1.14. The molecule has 0 amide bonds. The Labute approximate surface area is 104 Å². The highest BCUT2D eigenvalue weighted by Crippen LogP contribution is 2.26. The summed E-state index contributed by atoms with van der Waals surface area (Å²) in [6.45, 7) is 1.81. The number of alkyl halides is 2. The third-order valence-electron chi connectivity index (χ3n) is 1.88. The number of aromatic nitrogens is 1. The lowest BCUT2D eigenvalue weighted by atomic mass is 10.2. The van der Waals surface area contributed by atoms with Gasteiger partial charge in [0.2, 0.25) is 5.95 Å². The highest BCUT2D eigenvalue weighted by molar-refractivity contribution is 9.10. The first kappa shape index (κ1) is 14.0. The number of hydrogen-bond donors (Lipinski definition) is 0. The summed E-state index contributed by atoms with van der Waals surface area (Å²) in [6.07, 6.45) is -3.22. The molecule has 94 valence electrons. The molecule has 1 aromatic rings. The van der Waals surface area contributed by atoms with E-state index < -0.39 is 23.9 Å². The van der Waals surface area contributed by atoms with Gasteiger partial charge in [0.15, 0.2) is 0 Å². The molecule has 1 rings (SSSR count). The zero-order valence-corrected chi connectivity index (χ0v) is 10.4. The zero-order chi connectivity index (χ0) is 13.0. The maximum absolute atomic E-state index is 13.2. The minimum Gasteiger partial charge on any atom is -0.466 e. The van der Waals surface area contributed by atoms with Gasteiger partial charge in [0.1, 0.15) is 0 Å². The lowest BCUT2D eigenvalue weighted by Crippen LogP contribution is -2.11. The SMILES string of the molecule is CCOC(=O)Cc1nc(F)c(C(F)F)cc1Br. The van der Waals surface area contributed by atoms with E-state index >= 15 is 0 Å². The molecule has 1 aromatic heterocycles. The molecule has 0 atom stereocenters. The van der Waals surface area contributed by atoms with Gasteiger partial charge < -0.3 is 4.74 Å². The number of nitrogens with zero attached hydrogens (tertiary/aromatic N) is 1. The largest absolute Gasteiger partial charge is 0.466 e. The number of esters is 1. The fourth-order valence-corrected chi connectivity index (χ4v) is 1.62. The van der Waals surface area contributed by atoms with Crippen molar-refractivity contribution in [1.82, 2.24) is 4.98 Å². The molecule has 0 saturated carbocycles. The van der Waals surface area contributed by atoms with E-state index in [1.54, 1.807) is 6.92 Å². The number of rotatable bonds is 4. The van der Waals surface area contributed by atoms with Crippen molar-refractivity contribution in [1.29, 1.82) is 0 Å². The maximum atomic E-state index is 13.2. The van der Waals surface area contributed by atoms with Crippen molar-refractivity contribution in [2.45, 2.75) is 19.8 Å². The lowest BCUT2D eigenvalue weighted by molar-refractivity contribution is -0.142. The Bertz CT molecular complexity index is 426. The Kier molecular flexibility index (Phi) is 4.92. The van der Waals surface area contributed by atoms with Crippen LogP contribution >= 0.6 is 15.9 Å². The van der Waals surface area contributed by atoms with Crippen LogP contribution in [0.25, 0.3) is 0 Å². The van der Waals surface area contributed by atoms with Crippen LogP contribution in [0.15, 0.2) is 10.5 Å². The summed E-state index contributed by atoms with van der Waals surface area (Å²) < 4.78 is 42.6. The summed E-state index contributed by atoms with van der Waals surface area (Å²) in [4.78, 5) is 14.5. The van der Waals surface area contributed by atoms with E-state index in [1.165, 1.54) is 0 Å². The zero-order valence-electron chi connectivity index (χ0n) is 8.84. The van der Waals surface area contributed by atoms with Crippen molar-refractivity contribution in [3.63, 3.8) is 0 Å². The van der Waals surface area contributed by atoms with Crippen molar-refractivity contribution in [3.8, 4) is 0 Å². The van der Waals surface area contributed by atoms with Gasteiger partial charge in [0.25, 0.3) is 6.43 Å². The molecule has 0 spiro atoms. The first-order chi connectivity index (χ1) is 7.95. The molecule has 0 fully saturated rings. The quantitative estimate of drug-likeness (QED) is 0.634. The van der Waals surface area contributed by atoms with Crippen molar-refractivity contribution < 1.29 is 22.7 Å². The molecule has 0 N–H and O–H groups in total. The van der Waals surface area contributed by atoms with Crippen LogP contribution in [0.5, 0.6) is 0 Å². The van der Waals surface area contributed by atoms with Crippen LogP contribution in [0, 0.1) is 5.95 Å². The van der Waals surface area contributed by atoms with Gasteiger partial charge in [-0.05, 0) is 28.9 Å². The molecule has 0 aliphatic heterocycles. The van der Waals surface area contributed by atoms with Gasteiger partial charge in [-0.15, -0.1) is 0 Å². The second kappa shape index (κ2) is 6.00. The van der Waals surface area contributed by atoms with Crippen LogP contribution < -0.4 is 0 Å². The van der Waals surface area contributed by atoms with E-state index in [0.29, 0.717) is 0 Å². The van der Waals surface area contributed by atoms with Crippen LogP contribution in [-0.4, -0.2) is 17.6 Å². The van der Waals surface area contributed by atoms with Crippen LogP contribution in [-0.2, 0) is 16.0 Å². The van der Waals surface area contributed by atoms with Crippen LogP contribution in [0.4, 0.5) is 13.2 Å². The molecular formula is C10H9BrF3NO2. The van der Waals surface area contributed by atoms with E-state index in [-0.39, 0.29) is 23.2 Å². The van der Waals surface area contributed by atoms with Gasteiger partial charge in [-0.1, -0.05) is 0 Å². The number of pyridine rings is 1. The number of halogens is 4. The van der Waals surface area contributed by atoms with Crippen molar-refractivity contribution >= 4 is 21.9 Å². The molecule has 0 saturated heterocycles. The summed E-state index contributed by atoms with van der Waals surface area (Å²) in [5.41, 5.74) is -0.769. The van der Waals surface area contributed by atoms with E-state index in [9.17, 15) is 18.0 Å². The third-order valence-corrected chi connectivity index (χ3v) is 2.57. The van der Waals surface area contributed by atoms with Gasteiger partial charge in [-0.2, -0.15) is 4.39 Å². The Morgan fingerprint density at radius 3 is 2.76 bits per heavy atom. The highest BCUT2D eigenvalue weighted by Gasteiger charge is 2.19. The Balaban J connectivity index is 2.95. The minimum absolute atomic E-state index is 0.0327. The average Bonchev–Trinajstić information content (AvgIpc) is 2.22. The molecule has 7 heteroatoms. The topological polar surface area (TPSA) is 39.2 Å². The first-order valence-electron chi connectivity index (χ1n) is 4.74. The van der Waals surface area contributed by atoms with Crippen LogP contribution in [0.2, 0.25) is 0 Å². The van der Waals surface area contributed by atoms with Crippen molar-refractivity contribution in [3.05, 3.63) is 27.7 Å². The number of carbonyl (C=O) groups excluding carboxylic acids is 1. The standard InChI is InChI=1S/C10H9BrF3NO2/c1-2-17-8(16)4-7-6(11)3-5(9(12)13)10(14)15-7/h3,9H,2,4H2,1H3. The van der Waals surface area contributed by atoms with Gasteiger partial charge >= 0.3 is 5.97 Å². The van der Waals surface area contributed by atoms with Crippen LogP contribution in [0.3, 0.4) is 0 Å². The minimum atomic E-state index is -2.95. The molecule has 1 heterocycles. The van der Waals surface area contributed by atoms with Crippen molar-refractivity contribution in [2.75, 3.05) is 6.61 Å². The second-order valence-electron chi connectivity index (χ2n) is 3.08. The molecule has 0 aromatic carbocycles. The third kappa shape index (κ3) is 3.69. The number of carbonyl (C=O) groups is 1. The summed E-state index contributed by atoms with van der Waals surface area (Å²) in [5.74, 6) is -1.87. The monoisotopic (exact) mass is 311 g/mol. The molecule has 17 heavy (non-hydrogen) atoms. The molecule has 0 aliphatic rings. The predicted molar refractivity (Wildman–Crippen MR) is 57.2 cm³/mol.